The number of benzene rings is 1. The Morgan fingerprint density at radius 3 is 2.46 bits per heavy atom. The third kappa shape index (κ3) is 4.82. The molecule has 1 saturated heterocycles. The SMILES string of the molecule is COCCCNc1cc(N2CCN(c3ccc(F)cc3)CC2)nc(C)n1. The number of aromatic nitrogens is 2. The minimum absolute atomic E-state index is 0.200. The number of rotatable bonds is 7. The van der Waals surface area contributed by atoms with Gasteiger partial charge in [-0.25, -0.2) is 14.4 Å². The zero-order valence-electron chi connectivity index (χ0n) is 15.4. The first-order valence-electron chi connectivity index (χ1n) is 8.99. The van der Waals surface area contributed by atoms with Gasteiger partial charge in [-0.15, -0.1) is 0 Å². The molecule has 0 spiro atoms. The van der Waals surface area contributed by atoms with Gasteiger partial charge in [0.05, 0.1) is 0 Å². The highest BCUT2D eigenvalue weighted by Gasteiger charge is 2.19. The minimum atomic E-state index is -0.200. The number of nitrogens with zero attached hydrogens (tertiary/aromatic N) is 4. The van der Waals surface area contributed by atoms with E-state index in [0.29, 0.717) is 0 Å². The van der Waals surface area contributed by atoms with Gasteiger partial charge in [-0.3, -0.25) is 0 Å². The van der Waals surface area contributed by atoms with E-state index in [0.717, 1.165) is 68.9 Å². The Bertz CT molecular complexity index is 702. The van der Waals surface area contributed by atoms with Gasteiger partial charge in [0.25, 0.3) is 0 Å². The molecule has 0 bridgehead atoms. The number of piperazine rings is 1. The van der Waals surface area contributed by atoms with Crippen molar-refractivity contribution in [2.45, 2.75) is 13.3 Å². The Hall–Kier alpha value is -2.41. The Kier molecular flexibility index (Phi) is 6.22. The summed E-state index contributed by atoms with van der Waals surface area (Å²) in [4.78, 5) is 13.6. The van der Waals surface area contributed by atoms with Crippen LogP contribution < -0.4 is 15.1 Å². The standard InChI is InChI=1S/C19H26FN5O/c1-15-22-18(21-8-3-13-26-2)14-19(23-15)25-11-9-24(10-12-25)17-6-4-16(20)5-7-17/h4-7,14H,3,8-13H2,1-2H3,(H,21,22,23). The molecule has 1 fully saturated rings. The van der Waals surface area contributed by atoms with Crippen LogP contribution >= 0.6 is 0 Å². The Balaban J connectivity index is 1.59. The second-order valence-corrected chi connectivity index (χ2v) is 6.38. The molecule has 2 heterocycles. The fourth-order valence-corrected chi connectivity index (χ4v) is 3.08. The summed E-state index contributed by atoms with van der Waals surface area (Å²) in [5.74, 6) is 2.36. The summed E-state index contributed by atoms with van der Waals surface area (Å²) >= 11 is 0. The van der Waals surface area contributed by atoms with Gasteiger partial charge in [0.2, 0.25) is 0 Å². The predicted octanol–water partition coefficient (Wildman–Crippen LogP) is 2.70. The molecule has 1 aliphatic rings. The second-order valence-electron chi connectivity index (χ2n) is 6.38. The van der Waals surface area contributed by atoms with E-state index >= 15 is 0 Å². The van der Waals surface area contributed by atoms with E-state index in [9.17, 15) is 4.39 Å². The summed E-state index contributed by atoms with van der Waals surface area (Å²) in [7, 11) is 1.71. The first kappa shape index (κ1) is 18.4. The average molecular weight is 359 g/mol. The fraction of sp³-hybridized carbons (Fsp3) is 0.474. The molecule has 0 aliphatic carbocycles. The van der Waals surface area contributed by atoms with Crippen LogP contribution in [0.15, 0.2) is 30.3 Å². The molecule has 7 heteroatoms. The van der Waals surface area contributed by atoms with Crippen LogP contribution in [0.25, 0.3) is 0 Å². The molecule has 1 aromatic heterocycles. The molecule has 0 atom stereocenters. The molecule has 3 rings (SSSR count). The number of hydrogen-bond donors (Lipinski definition) is 1. The highest BCUT2D eigenvalue weighted by Crippen LogP contribution is 2.21. The highest BCUT2D eigenvalue weighted by molar-refractivity contribution is 5.52. The van der Waals surface area contributed by atoms with Crippen molar-refractivity contribution in [1.82, 2.24) is 9.97 Å². The van der Waals surface area contributed by atoms with E-state index < -0.39 is 0 Å². The van der Waals surface area contributed by atoms with Crippen LogP contribution in [-0.2, 0) is 4.74 Å². The van der Waals surface area contributed by atoms with Crippen LogP contribution in [-0.4, -0.2) is 56.4 Å². The number of methoxy groups -OCH3 is 1. The fourth-order valence-electron chi connectivity index (χ4n) is 3.08. The second kappa shape index (κ2) is 8.80. The normalized spacial score (nSPS) is 14.6. The number of nitrogens with one attached hydrogen (secondary N) is 1. The van der Waals surface area contributed by atoms with Gasteiger partial charge in [-0.1, -0.05) is 0 Å². The van der Waals surface area contributed by atoms with E-state index in [-0.39, 0.29) is 5.82 Å². The van der Waals surface area contributed by atoms with Crippen molar-refractivity contribution >= 4 is 17.3 Å². The lowest BCUT2D eigenvalue weighted by Gasteiger charge is -2.36. The molecule has 2 aromatic rings. The van der Waals surface area contributed by atoms with Crippen molar-refractivity contribution in [3.8, 4) is 0 Å². The van der Waals surface area contributed by atoms with E-state index in [1.807, 2.05) is 25.1 Å². The third-order valence-corrected chi connectivity index (χ3v) is 4.45. The van der Waals surface area contributed by atoms with E-state index in [1.165, 1.54) is 12.1 Å². The average Bonchev–Trinajstić information content (AvgIpc) is 2.66. The monoisotopic (exact) mass is 359 g/mol. The van der Waals surface area contributed by atoms with Gasteiger partial charge < -0.3 is 19.9 Å². The molecule has 1 N–H and O–H groups in total. The van der Waals surface area contributed by atoms with E-state index in [2.05, 4.69) is 25.1 Å². The van der Waals surface area contributed by atoms with Crippen LogP contribution in [0.5, 0.6) is 0 Å². The quantitative estimate of drug-likeness (QED) is 0.767. The summed E-state index contributed by atoms with van der Waals surface area (Å²) in [5.41, 5.74) is 1.06. The van der Waals surface area contributed by atoms with Crippen LogP contribution in [0.2, 0.25) is 0 Å². The topological polar surface area (TPSA) is 53.5 Å². The van der Waals surface area contributed by atoms with Crippen molar-refractivity contribution in [3.05, 3.63) is 42.0 Å². The van der Waals surface area contributed by atoms with Gasteiger partial charge in [-0.05, 0) is 37.6 Å². The third-order valence-electron chi connectivity index (χ3n) is 4.45. The van der Waals surface area contributed by atoms with Crippen molar-refractivity contribution in [2.24, 2.45) is 0 Å². The van der Waals surface area contributed by atoms with E-state index in [1.54, 1.807) is 7.11 Å². The van der Waals surface area contributed by atoms with Crippen LogP contribution in [0.1, 0.15) is 12.2 Å². The molecule has 1 aliphatic heterocycles. The molecular weight excluding hydrogens is 333 g/mol. The number of aryl methyl sites for hydroxylation is 1. The number of hydrogen-bond acceptors (Lipinski definition) is 6. The van der Waals surface area contributed by atoms with Gasteiger partial charge in [0.15, 0.2) is 0 Å². The zero-order chi connectivity index (χ0) is 18.4. The van der Waals surface area contributed by atoms with Crippen LogP contribution in [0.3, 0.4) is 0 Å². The number of anilines is 3. The van der Waals surface area contributed by atoms with Gasteiger partial charge in [0, 0.05) is 58.2 Å². The number of ether oxygens (including phenoxy) is 1. The molecule has 1 aromatic carbocycles. The van der Waals surface area contributed by atoms with Crippen LogP contribution in [0.4, 0.5) is 21.7 Å². The number of halogens is 1. The van der Waals surface area contributed by atoms with Gasteiger partial charge >= 0.3 is 0 Å². The maximum Gasteiger partial charge on any atom is 0.134 e. The first-order chi connectivity index (χ1) is 12.7. The van der Waals surface area contributed by atoms with Gasteiger partial charge in [0.1, 0.15) is 23.3 Å². The Labute approximate surface area is 154 Å². The highest BCUT2D eigenvalue weighted by atomic mass is 19.1. The molecule has 140 valence electrons. The molecular formula is C19H26FN5O. The Morgan fingerprint density at radius 2 is 1.77 bits per heavy atom. The lowest BCUT2D eigenvalue weighted by Crippen LogP contribution is -2.46. The molecule has 0 radical (unpaired) electrons. The molecule has 6 nitrogen and oxygen atoms in total. The lowest BCUT2D eigenvalue weighted by atomic mass is 10.2. The van der Waals surface area contributed by atoms with E-state index in [4.69, 9.17) is 4.74 Å². The molecule has 0 saturated carbocycles. The maximum atomic E-state index is 13.1. The summed E-state index contributed by atoms with van der Waals surface area (Å²) < 4.78 is 18.2. The predicted molar refractivity (Wildman–Crippen MR) is 103 cm³/mol. The Morgan fingerprint density at radius 1 is 1.08 bits per heavy atom. The maximum absolute atomic E-state index is 13.1. The largest absolute Gasteiger partial charge is 0.385 e. The summed E-state index contributed by atoms with van der Waals surface area (Å²) in [6.07, 6.45) is 0.936. The summed E-state index contributed by atoms with van der Waals surface area (Å²) in [6.45, 7) is 6.97. The zero-order valence-corrected chi connectivity index (χ0v) is 15.4. The van der Waals surface area contributed by atoms with Crippen molar-refractivity contribution in [3.63, 3.8) is 0 Å². The van der Waals surface area contributed by atoms with Crippen LogP contribution in [0, 0.1) is 12.7 Å². The molecule has 0 unspecified atom stereocenters. The minimum Gasteiger partial charge on any atom is -0.385 e. The smallest absolute Gasteiger partial charge is 0.134 e. The lowest BCUT2D eigenvalue weighted by molar-refractivity contribution is 0.198. The first-order valence-corrected chi connectivity index (χ1v) is 8.99. The van der Waals surface area contributed by atoms with Gasteiger partial charge in [-0.2, -0.15) is 0 Å². The summed E-state index contributed by atoms with van der Waals surface area (Å²) in [6, 6.07) is 8.70. The molecule has 26 heavy (non-hydrogen) atoms. The van der Waals surface area contributed by atoms with Crippen molar-refractivity contribution < 1.29 is 9.13 Å². The summed E-state index contributed by atoms with van der Waals surface area (Å²) in [5, 5.41) is 3.34. The molecule has 0 amide bonds. The van der Waals surface area contributed by atoms with Crippen molar-refractivity contribution in [1.29, 1.82) is 0 Å². The van der Waals surface area contributed by atoms with Crippen molar-refractivity contribution in [2.75, 3.05) is 61.6 Å².